The molecule has 2 N–H and O–H groups in total. The van der Waals surface area contributed by atoms with Gasteiger partial charge in [0.2, 0.25) is 0 Å². The van der Waals surface area contributed by atoms with E-state index >= 15 is 0 Å². The summed E-state index contributed by atoms with van der Waals surface area (Å²) in [5, 5.41) is 5.82. The lowest BCUT2D eigenvalue weighted by molar-refractivity contribution is 0.0935. The lowest BCUT2D eigenvalue weighted by Crippen LogP contribution is -2.29. The minimum absolute atomic E-state index is 0.202. The zero-order chi connectivity index (χ0) is 19.7. The van der Waals surface area contributed by atoms with Crippen LogP contribution in [0, 0.1) is 0 Å². The van der Waals surface area contributed by atoms with Crippen molar-refractivity contribution in [2.24, 2.45) is 0 Å². The van der Waals surface area contributed by atoms with Crippen molar-refractivity contribution in [3.8, 4) is 11.5 Å². The van der Waals surface area contributed by atoms with Gasteiger partial charge in [0, 0.05) is 18.7 Å². The Morgan fingerprint density at radius 1 is 1.14 bits per heavy atom. The lowest BCUT2D eigenvalue weighted by atomic mass is 10.1. The van der Waals surface area contributed by atoms with Gasteiger partial charge in [-0.1, -0.05) is 0 Å². The molecule has 148 valence electrons. The molecule has 0 spiro atoms. The summed E-state index contributed by atoms with van der Waals surface area (Å²) in [5.41, 5.74) is 1.64. The van der Waals surface area contributed by atoms with Gasteiger partial charge in [-0.25, -0.2) is 4.98 Å². The summed E-state index contributed by atoms with van der Waals surface area (Å²) in [5.74, 6) is 0.903. The number of aromatic nitrogens is 2. The maximum atomic E-state index is 13.0. The normalized spacial score (nSPS) is 15.5. The number of imidazole rings is 1. The lowest BCUT2D eigenvalue weighted by Gasteiger charge is -2.17. The van der Waals surface area contributed by atoms with Gasteiger partial charge in [0.15, 0.2) is 11.5 Å². The number of methoxy groups -OCH3 is 2. The summed E-state index contributed by atoms with van der Waals surface area (Å²) >= 11 is 0. The van der Waals surface area contributed by atoms with Gasteiger partial charge in [-0.2, -0.15) is 0 Å². The van der Waals surface area contributed by atoms with E-state index in [1.54, 1.807) is 25.3 Å². The summed E-state index contributed by atoms with van der Waals surface area (Å²) in [6.07, 6.45) is 4.68. The first-order chi connectivity index (χ1) is 13.6. The van der Waals surface area contributed by atoms with Crippen LogP contribution in [-0.4, -0.2) is 41.6 Å². The van der Waals surface area contributed by atoms with Crippen LogP contribution in [-0.2, 0) is 13.0 Å². The first-order valence-corrected chi connectivity index (χ1v) is 9.54. The summed E-state index contributed by atoms with van der Waals surface area (Å²) in [4.78, 5) is 30.0. The van der Waals surface area contributed by atoms with Gasteiger partial charge < -0.3 is 24.7 Å². The second-order valence-electron chi connectivity index (χ2n) is 7.11. The molecule has 1 saturated carbocycles. The van der Waals surface area contributed by atoms with E-state index in [9.17, 15) is 9.59 Å². The third-order valence-corrected chi connectivity index (χ3v) is 5.11. The predicted molar refractivity (Wildman–Crippen MR) is 103 cm³/mol. The van der Waals surface area contributed by atoms with Crippen molar-refractivity contribution in [3.63, 3.8) is 0 Å². The van der Waals surface area contributed by atoms with E-state index < -0.39 is 0 Å². The summed E-state index contributed by atoms with van der Waals surface area (Å²) < 4.78 is 12.4. The molecule has 2 heterocycles. The molecular weight excluding hydrogens is 360 g/mol. The first kappa shape index (κ1) is 18.3. The molecular formula is C20H24N4O4. The highest BCUT2D eigenvalue weighted by Gasteiger charge is 2.31. The number of carbonyl (C=O) groups excluding carboxylic acids is 2. The van der Waals surface area contributed by atoms with Crippen molar-refractivity contribution >= 4 is 17.5 Å². The fraction of sp³-hybridized carbons (Fsp3) is 0.450. The van der Waals surface area contributed by atoms with Crippen LogP contribution in [0.25, 0.3) is 0 Å². The van der Waals surface area contributed by atoms with Crippen LogP contribution < -0.4 is 20.1 Å². The van der Waals surface area contributed by atoms with Gasteiger partial charge in [0.25, 0.3) is 11.8 Å². The van der Waals surface area contributed by atoms with Gasteiger partial charge in [-0.3, -0.25) is 9.59 Å². The molecule has 1 aliphatic carbocycles. The Morgan fingerprint density at radius 2 is 1.96 bits per heavy atom. The Labute approximate surface area is 163 Å². The minimum atomic E-state index is -0.348. The van der Waals surface area contributed by atoms with Gasteiger partial charge in [0.05, 0.1) is 25.6 Å². The van der Waals surface area contributed by atoms with Crippen molar-refractivity contribution in [2.45, 2.75) is 44.7 Å². The molecule has 4 rings (SSSR count). The number of hydrogen-bond donors (Lipinski definition) is 2. The Hall–Kier alpha value is -3.03. The summed E-state index contributed by atoms with van der Waals surface area (Å²) in [7, 11) is 3.10. The maximum absolute atomic E-state index is 13.0. The Morgan fingerprint density at radius 3 is 2.68 bits per heavy atom. The number of amides is 2. The molecule has 8 nitrogen and oxygen atoms in total. The van der Waals surface area contributed by atoms with E-state index in [1.165, 1.54) is 7.11 Å². The molecule has 0 saturated heterocycles. The van der Waals surface area contributed by atoms with Crippen LogP contribution in [0.3, 0.4) is 0 Å². The molecule has 8 heteroatoms. The number of nitrogens with zero attached hydrogens (tertiary/aromatic N) is 2. The highest BCUT2D eigenvalue weighted by Crippen LogP contribution is 2.30. The van der Waals surface area contributed by atoms with Crippen LogP contribution in [0.1, 0.15) is 52.5 Å². The van der Waals surface area contributed by atoms with E-state index in [0.29, 0.717) is 35.2 Å². The zero-order valence-electron chi connectivity index (χ0n) is 16.1. The standard InChI is InChI=1S/C20H24N4O4/c1-27-13-8-9-14(16(11-13)28-2)22-19(25)17-15-5-3-4-10-24(15)18(23-17)20(26)21-12-6-7-12/h8-9,11-12H,3-7,10H2,1-2H3,(H,21,26)(H,22,25). The van der Waals surface area contributed by atoms with Gasteiger partial charge in [-0.15, -0.1) is 0 Å². The fourth-order valence-electron chi connectivity index (χ4n) is 3.46. The van der Waals surface area contributed by atoms with Crippen molar-refractivity contribution in [2.75, 3.05) is 19.5 Å². The molecule has 2 aliphatic rings. The quantitative estimate of drug-likeness (QED) is 0.797. The molecule has 0 atom stereocenters. The molecule has 0 radical (unpaired) electrons. The molecule has 2 aromatic rings. The van der Waals surface area contributed by atoms with Crippen LogP contribution in [0.2, 0.25) is 0 Å². The number of carbonyl (C=O) groups is 2. The first-order valence-electron chi connectivity index (χ1n) is 9.54. The maximum Gasteiger partial charge on any atom is 0.287 e. The minimum Gasteiger partial charge on any atom is -0.497 e. The molecule has 1 aliphatic heterocycles. The number of ether oxygens (including phenoxy) is 2. The van der Waals surface area contributed by atoms with Crippen molar-refractivity contribution < 1.29 is 19.1 Å². The van der Waals surface area contributed by atoms with Crippen molar-refractivity contribution in [1.82, 2.24) is 14.9 Å². The molecule has 1 fully saturated rings. The number of anilines is 1. The number of rotatable bonds is 6. The molecule has 0 unspecified atom stereocenters. The topological polar surface area (TPSA) is 94.5 Å². The third-order valence-electron chi connectivity index (χ3n) is 5.11. The SMILES string of the molecule is COc1ccc(NC(=O)c2nc(C(=O)NC3CC3)n3c2CCCC3)c(OC)c1. The van der Waals surface area contributed by atoms with E-state index in [0.717, 1.165) is 37.8 Å². The molecule has 0 bridgehead atoms. The third kappa shape index (κ3) is 3.54. The largest absolute Gasteiger partial charge is 0.497 e. The van der Waals surface area contributed by atoms with Gasteiger partial charge in [0.1, 0.15) is 11.5 Å². The van der Waals surface area contributed by atoms with Gasteiger partial charge >= 0.3 is 0 Å². The summed E-state index contributed by atoms with van der Waals surface area (Å²) in [6, 6.07) is 5.41. The molecule has 28 heavy (non-hydrogen) atoms. The van der Waals surface area contributed by atoms with Crippen molar-refractivity contribution in [3.05, 3.63) is 35.4 Å². The molecule has 1 aromatic heterocycles. The van der Waals surface area contributed by atoms with Crippen LogP contribution in [0.15, 0.2) is 18.2 Å². The number of hydrogen-bond acceptors (Lipinski definition) is 5. The zero-order valence-corrected chi connectivity index (χ0v) is 16.1. The number of benzene rings is 1. The summed E-state index contributed by atoms with van der Waals surface area (Å²) in [6.45, 7) is 0.703. The Kier molecular flexibility index (Phi) is 4.93. The number of nitrogens with one attached hydrogen (secondary N) is 2. The van der Waals surface area contributed by atoms with E-state index in [2.05, 4.69) is 15.6 Å². The van der Waals surface area contributed by atoms with Crippen molar-refractivity contribution in [1.29, 1.82) is 0 Å². The van der Waals surface area contributed by atoms with Crippen LogP contribution >= 0.6 is 0 Å². The van der Waals surface area contributed by atoms with E-state index in [4.69, 9.17) is 9.47 Å². The van der Waals surface area contributed by atoms with E-state index in [-0.39, 0.29) is 17.9 Å². The highest BCUT2D eigenvalue weighted by molar-refractivity contribution is 6.05. The second kappa shape index (κ2) is 7.53. The average molecular weight is 384 g/mol. The van der Waals surface area contributed by atoms with Gasteiger partial charge in [-0.05, 0) is 44.2 Å². The highest BCUT2D eigenvalue weighted by atomic mass is 16.5. The Balaban J connectivity index is 1.62. The smallest absolute Gasteiger partial charge is 0.287 e. The number of fused-ring (bicyclic) bond motifs is 1. The van der Waals surface area contributed by atoms with Crippen LogP contribution in [0.5, 0.6) is 11.5 Å². The monoisotopic (exact) mass is 384 g/mol. The Bertz CT molecular complexity index is 917. The molecule has 1 aromatic carbocycles. The molecule has 2 amide bonds. The average Bonchev–Trinajstić information content (AvgIpc) is 3.44. The van der Waals surface area contributed by atoms with E-state index in [1.807, 2.05) is 4.57 Å². The second-order valence-corrected chi connectivity index (χ2v) is 7.11. The fourth-order valence-corrected chi connectivity index (χ4v) is 3.46. The predicted octanol–water partition coefficient (Wildman–Crippen LogP) is 2.38. The van der Waals surface area contributed by atoms with Crippen LogP contribution in [0.4, 0.5) is 5.69 Å².